The lowest BCUT2D eigenvalue weighted by Crippen LogP contribution is -2.36. The number of likely N-dealkylation sites (N-methyl/N-ethyl adjacent to an activating group) is 1. The topological polar surface area (TPSA) is 72.3 Å². The van der Waals surface area contributed by atoms with Gasteiger partial charge in [0, 0.05) is 7.05 Å². The highest BCUT2D eigenvalue weighted by molar-refractivity contribution is 7.22. The zero-order chi connectivity index (χ0) is 22.8. The number of carbonyl (C=O) groups is 1. The number of nitrogens with one attached hydrogen (secondary N) is 1. The Balaban J connectivity index is 1.49. The molecule has 0 aliphatic heterocycles. The van der Waals surface area contributed by atoms with Crippen LogP contribution < -0.4 is 15.0 Å². The summed E-state index contributed by atoms with van der Waals surface area (Å²) < 4.78 is 8.08. The first-order valence-corrected chi connectivity index (χ1v) is 11.2. The van der Waals surface area contributed by atoms with Gasteiger partial charge in [0.05, 0.1) is 35.8 Å². The van der Waals surface area contributed by atoms with Crippen molar-refractivity contribution in [2.45, 2.75) is 26.8 Å². The van der Waals surface area contributed by atoms with Crippen LogP contribution in [0.5, 0.6) is 5.75 Å². The van der Waals surface area contributed by atoms with E-state index in [2.05, 4.69) is 29.5 Å². The predicted octanol–water partition coefficient (Wildman–Crippen LogP) is 4.42. The van der Waals surface area contributed by atoms with E-state index in [1.165, 1.54) is 5.56 Å². The highest BCUT2D eigenvalue weighted by Gasteiger charge is 2.19. The molecule has 2 aromatic carbocycles. The summed E-state index contributed by atoms with van der Waals surface area (Å²) in [6.07, 6.45) is 0. The van der Waals surface area contributed by atoms with Crippen LogP contribution in [0.25, 0.3) is 16.0 Å². The second kappa shape index (κ2) is 9.00. The number of hydrogen-bond acceptors (Lipinski definition) is 6. The molecule has 1 N–H and O–H groups in total. The van der Waals surface area contributed by atoms with Crippen LogP contribution in [0, 0.1) is 13.8 Å². The van der Waals surface area contributed by atoms with Crippen molar-refractivity contribution in [2.24, 2.45) is 0 Å². The predicted molar refractivity (Wildman–Crippen MR) is 129 cm³/mol. The van der Waals surface area contributed by atoms with E-state index in [0.29, 0.717) is 0 Å². The number of thiazole rings is 1. The molecule has 2 heterocycles. The molecule has 4 aromatic rings. The number of hydrogen-bond donors (Lipinski definition) is 1. The van der Waals surface area contributed by atoms with Crippen LogP contribution in [-0.2, 0) is 4.79 Å². The Morgan fingerprint density at radius 3 is 2.50 bits per heavy atom. The molecule has 0 aliphatic carbocycles. The number of rotatable bonds is 7. The molecular formula is C24H27N5O2S. The molecule has 1 amide bonds. The van der Waals surface area contributed by atoms with E-state index < -0.39 is 0 Å². The Kier molecular flexibility index (Phi) is 6.14. The third-order valence-corrected chi connectivity index (χ3v) is 6.62. The maximum atomic E-state index is 12.6. The number of nitrogens with zero attached hydrogens (tertiary/aromatic N) is 4. The van der Waals surface area contributed by atoms with Crippen LogP contribution in [0.2, 0.25) is 0 Å². The van der Waals surface area contributed by atoms with Crippen LogP contribution in [0.3, 0.4) is 0 Å². The van der Waals surface area contributed by atoms with E-state index in [1.54, 1.807) is 18.4 Å². The van der Waals surface area contributed by atoms with Gasteiger partial charge in [0.15, 0.2) is 10.8 Å². The number of anilines is 1. The van der Waals surface area contributed by atoms with E-state index >= 15 is 0 Å². The Bertz CT molecular complexity index is 1230. The average Bonchev–Trinajstić information content (AvgIpc) is 3.35. The molecule has 2 aromatic heterocycles. The number of amides is 1. The highest BCUT2D eigenvalue weighted by Crippen LogP contribution is 2.32. The van der Waals surface area contributed by atoms with Crippen molar-refractivity contribution in [2.75, 3.05) is 25.6 Å². The number of carbonyl (C=O) groups excluding carboxylic acids is 1. The van der Waals surface area contributed by atoms with Gasteiger partial charge < -0.3 is 15.0 Å². The fourth-order valence-corrected chi connectivity index (χ4v) is 4.45. The van der Waals surface area contributed by atoms with Crippen molar-refractivity contribution < 1.29 is 9.53 Å². The number of aryl methyl sites for hydroxylation is 2. The van der Waals surface area contributed by atoms with Crippen LogP contribution in [0.15, 0.2) is 48.5 Å². The van der Waals surface area contributed by atoms with Crippen molar-refractivity contribution in [1.29, 1.82) is 0 Å². The first-order valence-electron chi connectivity index (χ1n) is 10.4. The highest BCUT2D eigenvalue weighted by atomic mass is 32.1. The summed E-state index contributed by atoms with van der Waals surface area (Å²) in [5, 5.41) is 8.49. The van der Waals surface area contributed by atoms with E-state index in [9.17, 15) is 4.79 Å². The summed E-state index contributed by atoms with van der Waals surface area (Å²) in [5.41, 5.74) is 4.89. The monoisotopic (exact) mass is 449 g/mol. The van der Waals surface area contributed by atoms with E-state index in [-0.39, 0.29) is 18.5 Å². The first kappa shape index (κ1) is 21.8. The lowest BCUT2D eigenvalue weighted by Gasteiger charge is -2.19. The molecule has 0 radical (unpaired) electrons. The SMILES string of the molecule is COc1ccc(-n2nc(C)c3sc(N(C)CC(=O)NC(C)c4ccc(C)cc4)nc32)cc1. The molecule has 4 rings (SSSR count). The summed E-state index contributed by atoms with van der Waals surface area (Å²) >= 11 is 1.54. The lowest BCUT2D eigenvalue weighted by molar-refractivity contribution is -0.120. The van der Waals surface area contributed by atoms with E-state index in [1.807, 2.05) is 66.9 Å². The summed E-state index contributed by atoms with van der Waals surface area (Å²) in [4.78, 5) is 19.3. The molecule has 0 aliphatic rings. The van der Waals surface area contributed by atoms with Crippen LogP contribution in [-0.4, -0.2) is 41.4 Å². The zero-order valence-electron chi connectivity index (χ0n) is 18.9. The molecule has 7 nitrogen and oxygen atoms in total. The normalized spacial score (nSPS) is 12.0. The number of ether oxygens (including phenoxy) is 1. The van der Waals surface area contributed by atoms with Gasteiger partial charge in [0.25, 0.3) is 0 Å². The van der Waals surface area contributed by atoms with Crippen molar-refractivity contribution in [3.05, 3.63) is 65.4 Å². The second-order valence-corrected chi connectivity index (χ2v) is 8.88. The summed E-state index contributed by atoms with van der Waals surface area (Å²) in [6, 6.07) is 15.8. The number of fused-ring (bicyclic) bond motifs is 1. The lowest BCUT2D eigenvalue weighted by atomic mass is 10.1. The van der Waals surface area contributed by atoms with Gasteiger partial charge >= 0.3 is 0 Å². The Hall–Kier alpha value is -3.39. The minimum Gasteiger partial charge on any atom is -0.497 e. The average molecular weight is 450 g/mol. The standard InChI is InChI=1S/C24H27N5O2S/c1-15-6-8-18(9-7-15)16(2)25-21(30)14-28(4)24-26-23-22(32-24)17(3)27-29(23)19-10-12-20(31-5)13-11-19/h6-13,16H,14H2,1-5H3,(H,25,30). The Labute approximate surface area is 191 Å². The number of aromatic nitrogens is 3. The van der Waals surface area contributed by atoms with Crippen molar-refractivity contribution in [3.63, 3.8) is 0 Å². The first-order chi connectivity index (χ1) is 15.4. The Morgan fingerprint density at radius 1 is 1.16 bits per heavy atom. The minimum atomic E-state index is -0.0576. The molecule has 8 heteroatoms. The van der Waals surface area contributed by atoms with Gasteiger partial charge in [0.2, 0.25) is 5.91 Å². The van der Waals surface area contributed by atoms with Gasteiger partial charge in [-0.25, -0.2) is 4.68 Å². The Morgan fingerprint density at radius 2 is 1.84 bits per heavy atom. The van der Waals surface area contributed by atoms with Gasteiger partial charge in [-0.3, -0.25) is 4.79 Å². The largest absolute Gasteiger partial charge is 0.497 e. The van der Waals surface area contributed by atoms with Gasteiger partial charge in [-0.2, -0.15) is 10.1 Å². The molecule has 0 saturated carbocycles. The third-order valence-electron chi connectivity index (χ3n) is 5.36. The quantitative estimate of drug-likeness (QED) is 0.452. The van der Waals surface area contributed by atoms with Crippen molar-refractivity contribution in [3.8, 4) is 11.4 Å². The fourth-order valence-electron chi connectivity index (χ4n) is 3.50. The van der Waals surface area contributed by atoms with Gasteiger partial charge in [-0.05, 0) is 50.6 Å². The van der Waals surface area contributed by atoms with Gasteiger partial charge in [-0.15, -0.1) is 0 Å². The summed E-state index contributed by atoms with van der Waals surface area (Å²) in [6.45, 7) is 6.24. The van der Waals surface area contributed by atoms with Crippen LogP contribution in [0.1, 0.15) is 29.8 Å². The molecule has 166 valence electrons. The van der Waals surface area contributed by atoms with Gasteiger partial charge in [0.1, 0.15) is 5.75 Å². The van der Waals surface area contributed by atoms with Crippen molar-refractivity contribution >= 4 is 32.7 Å². The summed E-state index contributed by atoms with van der Waals surface area (Å²) in [5.74, 6) is 0.742. The maximum Gasteiger partial charge on any atom is 0.240 e. The zero-order valence-corrected chi connectivity index (χ0v) is 19.7. The molecule has 1 atom stereocenters. The molecule has 0 fully saturated rings. The maximum absolute atomic E-state index is 12.6. The number of benzene rings is 2. The fraction of sp³-hybridized carbons (Fsp3) is 0.292. The number of methoxy groups -OCH3 is 1. The van der Waals surface area contributed by atoms with E-state index in [0.717, 1.165) is 38.2 Å². The molecule has 1 unspecified atom stereocenters. The molecule has 0 saturated heterocycles. The van der Waals surface area contributed by atoms with Gasteiger partial charge in [-0.1, -0.05) is 41.2 Å². The summed E-state index contributed by atoms with van der Waals surface area (Å²) in [7, 11) is 3.53. The van der Waals surface area contributed by atoms with Crippen molar-refractivity contribution in [1.82, 2.24) is 20.1 Å². The smallest absolute Gasteiger partial charge is 0.240 e. The third kappa shape index (κ3) is 4.45. The van der Waals surface area contributed by atoms with Crippen LogP contribution in [0.4, 0.5) is 5.13 Å². The molecule has 32 heavy (non-hydrogen) atoms. The van der Waals surface area contributed by atoms with Crippen LogP contribution >= 0.6 is 11.3 Å². The van der Waals surface area contributed by atoms with E-state index in [4.69, 9.17) is 9.72 Å². The molecule has 0 bridgehead atoms. The minimum absolute atomic E-state index is 0.0478. The second-order valence-electron chi connectivity index (χ2n) is 7.90. The molecule has 0 spiro atoms. The molecular weight excluding hydrogens is 422 g/mol.